The van der Waals surface area contributed by atoms with E-state index in [0.717, 1.165) is 32.5 Å². The Morgan fingerprint density at radius 3 is 2.48 bits per heavy atom. The second kappa shape index (κ2) is 9.47. The molecule has 0 spiro atoms. The van der Waals surface area contributed by atoms with Crippen LogP contribution in [-0.2, 0) is 21.4 Å². The van der Waals surface area contributed by atoms with Gasteiger partial charge in [-0.05, 0) is 80.2 Å². The molecule has 0 unspecified atom stereocenters. The zero-order valence-electron chi connectivity index (χ0n) is 16.9. The average molecular weight is 417 g/mol. The molecule has 2 heterocycles. The highest BCUT2D eigenvalue weighted by atomic mass is 32.2. The molecule has 1 amide bonds. The zero-order chi connectivity index (χ0) is 20.9. The van der Waals surface area contributed by atoms with E-state index in [1.807, 2.05) is 24.5 Å². The van der Waals surface area contributed by atoms with Gasteiger partial charge in [0.2, 0.25) is 15.9 Å². The van der Waals surface area contributed by atoms with Crippen LogP contribution in [0.15, 0.2) is 47.6 Å². The lowest BCUT2D eigenvalue weighted by atomic mass is 9.97. The molecule has 1 fully saturated rings. The van der Waals surface area contributed by atoms with Gasteiger partial charge in [-0.15, -0.1) is 0 Å². The predicted octanol–water partition coefficient (Wildman–Crippen LogP) is 2.54. The van der Waals surface area contributed by atoms with Gasteiger partial charge in [0.15, 0.2) is 0 Å². The quantitative estimate of drug-likeness (QED) is 0.724. The van der Waals surface area contributed by atoms with Gasteiger partial charge in [0.05, 0.1) is 4.90 Å². The Morgan fingerprint density at radius 1 is 1.17 bits per heavy atom. The molecule has 2 N–H and O–H groups in total. The van der Waals surface area contributed by atoms with Gasteiger partial charge in [-0.3, -0.25) is 14.7 Å². The van der Waals surface area contributed by atoms with E-state index in [4.69, 9.17) is 0 Å². The van der Waals surface area contributed by atoms with Crippen molar-refractivity contribution in [2.45, 2.75) is 38.1 Å². The molecule has 2 aromatic rings. The Bertz CT molecular complexity index is 940. The number of aromatic nitrogens is 1. The molecule has 3 rings (SSSR count). The van der Waals surface area contributed by atoms with Gasteiger partial charge in [0.25, 0.3) is 0 Å². The highest BCUT2D eigenvalue weighted by molar-refractivity contribution is 7.89. The van der Waals surface area contributed by atoms with Crippen LogP contribution in [0.5, 0.6) is 0 Å². The first-order valence-corrected chi connectivity index (χ1v) is 11.3. The van der Waals surface area contributed by atoms with Crippen LogP contribution in [0.2, 0.25) is 0 Å². The Hall–Kier alpha value is -2.29. The molecule has 0 saturated carbocycles. The van der Waals surface area contributed by atoms with E-state index in [1.54, 1.807) is 25.1 Å². The van der Waals surface area contributed by atoms with Crippen molar-refractivity contribution in [1.29, 1.82) is 0 Å². The summed E-state index contributed by atoms with van der Waals surface area (Å²) in [5.41, 5.74) is 2.45. The Labute approximate surface area is 172 Å². The minimum Gasteiger partial charge on any atom is -0.326 e. The maximum absolute atomic E-state index is 12.7. The molecule has 0 radical (unpaired) electrons. The van der Waals surface area contributed by atoms with Gasteiger partial charge in [0.1, 0.15) is 0 Å². The van der Waals surface area contributed by atoms with Crippen LogP contribution in [0.1, 0.15) is 30.9 Å². The second-order valence-corrected chi connectivity index (χ2v) is 9.32. The number of carbonyl (C=O) groups is 1. The number of carbonyl (C=O) groups excluding carboxylic acids is 1. The number of sulfonamides is 1. The molecule has 1 aliphatic rings. The molecule has 8 heteroatoms. The first-order valence-electron chi connectivity index (χ1n) is 9.82. The van der Waals surface area contributed by atoms with Crippen molar-refractivity contribution >= 4 is 21.6 Å². The van der Waals surface area contributed by atoms with E-state index >= 15 is 0 Å². The normalized spacial score (nSPS) is 15.9. The van der Waals surface area contributed by atoms with Crippen molar-refractivity contribution in [3.05, 3.63) is 53.9 Å². The highest BCUT2D eigenvalue weighted by Gasteiger charge is 2.23. The summed E-state index contributed by atoms with van der Waals surface area (Å²) in [6.07, 6.45) is 5.55. The largest absolute Gasteiger partial charge is 0.326 e. The molecule has 7 nitrogen and oxygen atoms in total. The van der Waals surface area contributed by atoms with Crippen molar-refractivity contribution in [3.63, 3.8) is 0 Å². The Balaban J connectivity index is 1.51. The number of hydrogen-bond donors (Lipinski definition) is 2. The lowest BCUT2D eigenvalue weighted by molar-refractivity contribution is -0.114. The zero-order valence-corrected chi connectivity index (χ0v) is 17.7. The van der Waals surface area contributed by atoms with E-state index in [9.17, 15) is 13.2 Å². The molecule has 0 atom stereocenters. The number of nitrogens with one attached hydrogen (secondary N) is 2. The number of anilines is 1. The van der Waals surface area contributed by atoms with Crippen LogP contribution < -0.4 is 10.0 Å². The van der Waals surface area contributed by atoms with Gasteiger partial charge in [-0.25, -0.2) is 13.1 Å². The lowest BCUT2D eigenvalue weighted by Gasteiger charge is -2.32. The molecular weight excluding hydrogens is 388 g/mol. The number of benzene rings is 1. The number of rotatable bonds is 7. The molecule has 1 aliphatic heterocycles. The number of likely N-dealkylation sites (tertiary alicyclic amines) is 1. The maximum Gasteiger partial charge on any atom is 0.240 e. The van der Waals surface area contributed by atoms with Crippen molar-refractivity contribution in [1.82, 2.24) is 14.6 Å². The molecule has 29 heavy (non-hydrogen) atoms. The maximum atomic E-state index is 12.7. The summed E-state index contributed by atoms with van der Waals surface area (Å²) in [5.74, 6) is 0.144. The minimum atomic E-state index is -3.58. The second-order valence-electron chi connectivity index (χ2n) is 7.59. The third-order valence-electron chi connectivity index (χ3n) is 5.21. The van der Waals surface area contributed by atoms with E-state index in [2.05, 4.69) is 19.9 Å². The van der Waals surface area contributed by atoms with E-state index in [-0.39, 0.29) is 10.8 Å². The topological polar surface area (TPSA) is 91.4 Å². The summed E-state index contributed by atoms with van der Waals surface area (Å²) in [6.45, 7) is 6.42. The number of pyridine rings is 1. The Kier molecular flexibility index (Phi) is 7.00. The SMILES string of the molecule is CC(=O)Nc1ccc(S(=O)(=O)NCC2CCN(Cc3ccncc3)CC2)c(C)c1. The van der Waals surface area contributed by atoms with Crippen LogP contribution in [0.3, 0.4) is 0 Å². The minimum absolute atomic E-state index is 0.187. The number of piperidine rings is 1. The van der Waals surface area contributed by atoms with Crippen molar-refractivity contribution in [2.75, 3.05) is 25.0 Å². The molecule has 0 aliphatic carbocycles. The van der Waals surface area contributed by atoms with Gasteiger partial charge >= 0.3 is 0 Å². The van der Waals surface area contributed by atoms with Crippen molar-refractivity contribution in [3.8, 4) is 0 Å². The van der Waals surface area contributed by atoms with E-state index < -0.39 is 10.0 Å². The molecule has 1 aromatic heterocycles. The number of aryl methyl sites for hydroxylation is 1. The van der Waals surface area contributed by atoms with Gasteiger partial charge in [0, 0.05) is 38.1 Å². The summed E-state index contributed by atoms with van der Waals surface area (Å²) in [6, 6.07) is 8.88. The first kappa shape index (κ1) is 21.4. The van der Waals surface area contributed by atoms with Crippen LogP contribution in [0.25, 0.3) is 0 Å². The van der Waals surface area contributed by atoms with Crippen LogP contribution in [0, 0.1) is 12.8 Å². The molecular formula is C21H28N4O3S. The number of nitrogens with zero attached hydrogens (tertiary/aromatic N) is 2. The smallest absolute Gasteiger partial charge is 0.240 e. The Morgan fingerprint density at radius 2 is 1.86 bits per heavy atom. The summed E-state index contributed by atoms with van der Waals surface area (Å²) in [7, 11) is -3.58. The monoisotopic (exact) mass is 416 g/mol. The lowest BCUT2D eigenvalue weighted by Crippen LogP contribution is -2.38. The fraction of sp³-hybridized carbons (Fsp3) is 0.429. The third kappa shape index (κ3) is 6.09. The van der Waals surface area contributed by atoms with Crippen LogP contribution in [-0.4, -0.2) is 43.8 Å². The third-order valence-corrected chi connectivity index (χ3v) is 6.79. The first-order chi connectivity index (χ1) is 13.8. The van der Waals surface area contributed by atoms with Crippen LogP contribution >= 0.6 is 0 Å². The number of amides is 1. The van der Waals surface area contributed by atoms with Crippen molar-refractivity contribution in [2.24, 2.45) is 5.92 Å². The standard InChI is InChI=1S/C21H28N4O3S/c1-16-13-20(24-17(2)26)3-4-21(16)29(27,28)23-14-18-7-11-25(12-8-18)15-19-5-9-22-10-6-19/h3-6,9-10,13,18,23H,7-8,11-12,14-15H2,1-2H3,(H,24,26). The summed E-state index contributed by atoms with van der Waals surface area (Å²) in [5, 5.41) is 2.67. The molecule has 156 valence electrons. The summed E-state index contributed by atoms with van der Waals surface area (Å²) >= 11 is 0. The fourth-order valence-corrected chi connectivity index (χ4v) is 4.97. The van der Waals surface area contributed by atoms with E-state index in [0.29, 0.717) is 23.7 Å². The molecule has 1 aromatic carbocycles. The van der Waals surface area contributed by atoms with Gasteiger partial charge in [-0.1, -0.05) is 0 Å². The highest BCUT2D eigenvalue weighted by Crippen LogP contribution is 2.22. The molecule has 1 saturated heterocycles. The van der Waals surface area contributed by atoms with Gasteiger partial charge in [-0.2, -0.15) is 0 Å². The van der Waals surface area contributed by atoms with Gasteiger partial charge < -0.3 is 5.32 Å². The predicted molar refractivity (Wildman–Crippen MR) is 113 cm³/mol. The van der Waals surface area contributed by atoms with Crippen molar-refractivity contribution < 1.29 is 13.2 Å². The summed E-state index contributed by atoms with van der Waals surface area (Å²) < 4.78 is 28.2. The summed E-state index contributed by atoms with van der Waals surface area (Å²) in [4.78, 5) is 17.9. The fourth-order valence-electron chi connectivity index (χ4n) is 3.63. The van der Waals surface area contributed by atoms with E-state index in [1.165, 1.54) is 12.5 Å². The number of hydrogen-bond acceptors (Lipinski definition) is 5. The molecule has 0 bridgehead atoms. The average Bonchev–Trinajstić information content (AvgIpc) is 2.68. The van der Waals surface area contributed by atoms with Crippen LogP contribution in [0.4, 0.5) is 5.69 Å².